The first-order valence-electron chi connectivity index (χ1n) is 6.22. The van der Waals surface area contributed by atoms with Gasteiger partial charge in [-0.1, -0.05) is 0 Å². The zero-order valence-corrected chi connectivity index (χ0v) is 13.1. The molecule has 0 bridgehead atoms. The molecule has 0 radical (unpaired) electrons. The van der Waals surface area contributed by atoms with Gasteiger partial charge in [-0.25, -0.2) is 9.97 Å². The first-order chi connectivity index (χ1) is 9.65. The summed E-state index contributed by atoms with van der Waals surface area (Å²) in [7, 11) is 1.78. The highest BCUT2D eigenvalue weighted by molar-refractivity contribution is 7.98. The molecule has 20 heavy (non-hydrogen) atoms. The second kappa shape index (κ2) is 7.39. The Bertz CT molecular complexity index is 540. The number of hydrogen-bond acceptors (Lipinski definition) is 6. The van der Waals surface area contributed by atoms with Gasteiger partial charge in [0.2, 0.25) is 5.91 Å². The third-order valence-electron chi connectivity index (χ3n) is 2.65. The molecule has 108 valence electrons. The molecule has 0 spiro atoms. The molecule has 0 aromatic carbocycles. The van der Waals surface area contributed by atoms with Gasteiger partial charge in [0.05, 0.1) is 17.2 Å². The molecule has 2 aromatic heterocycles. The zero-order chi connectivity index (χ0) is 14.4. The zero-order valence-electron chi connectivity index (χ0n) is 11.5. The second-order valence-electron chi connectivity index (χ2n) is 4.34. The summed E-state index contributed by atoms with van der Waals surface area (Å²) in [5.41, 5.74) is 1.10. The molecule has 2 heterocycles. The Kier molecular flexibility index (Phi) is 5.54. The summed E-state index contributed by atoms with van der Waals surface area (Å²) in [4.78, 5) is 22.0. The molecular formula is C12H17N5OS2. The number of thiazole rings is 1. The summed E-state index contributed by atoms with van der Waals surface area (Å²) in [6.45, 7) is 2.47. The summed E-state index contributed by atoms with van der Waals surface area (Å²) in [5.74, 6) is 2.48. The topological polar surface area (TPSA) is 74.8 Å². The molecule has 0 aliphatic heterocycles. The average molecular weight is 311 g/mol. The smallest absolute Gasteiger partial charge is 0.223 e. The van der Waals surface area contributed by atoms with Crippen molar-refractivity contribution in [2.45, 2.75) is 25.6 Å². The number of amides is 1. The van der Waals surface area contributed by atoms with E-state index in [1.54, 1.807) is 35.0 Å². The number of aromatic nitrogens is 4. The van der Waals surface area contributed by atoms with Crippen molar-refractivity contribution < 1.29 is 4.79 Å². The Morgan fingerprint density at radius 1 is 1.55 bits per heavy atom. The van der Waals surface area contributed by atoms with Gasteiger partial charge < -0.3 is 4.90 Å². The van der Waals surface area contributed by atoms with E-state index in [-0.39, 0.29) is 5.91 Å². The van der Waals surface area contributed by atoms with Crippen LogP contribution in [-0.4, -0.2) is 43.8 Å². The molecule has 1 N–H and O–H groups in total. The SMILES string of the molecule is Cc1nc(CSCCC(=O)N(C)Cc2ncn[nH]2)cs1. The maximum atomic E-state index is 11.9. The van der Waals surface area contributed by atoms with Gasteiger partial charge in [0.15, 0.2) is 0 Å². The molecule has 0 saturated carbocycles. The monoisotopic (exact) mass is 311 g/mol. The normalized spacial score (nSPS) is 10.7. The van der Waals surface area contributed by atoms with E-state index in [2.05, 4.69) is 25.5 Å². The summed E-state index contributed by atoms with van der Waals surface area (Å²) < 4.78 is 0. The van der Waals surface area contributed by atoms with Gasteiger partial charge in [-0.05, 0) is 6.92 Å². The van der Waals surface area contributed by atoms with Crippen LogP contribution < -0.4 is 0 Å². The van der Waals surface area contributed by atoms with Crippen LogP contribution in [0.5, 0.6) is 0 Å². The van der Waals surface area contributed by atoms with E-state index in [0.717, 1.165) is 22.2 Å². The van der Waals surface area contributed by atoms with Crippen molar-refractivity contribution in [3.63, 3.8) is 0 Å². The number of nitrogens with one attached hydrogen (secondary N) is 1. The number of H-pyrrole nitrogens is 1. The maximum absolute atomic E-state index is 11.9. The van der Waals surface area contributed by atoms with Crippen LogP contribution in [0.15, 0.2) is 11.7 Å². The van der Waals surface area contributed by atoms with E-state index in [9.17, 15) is 4.79 Å². The first-order valence-corrected chi connectivity index (χ1v) is 8.25. The van der Waals surface area contributed by atoms with E-state index in [0.29, 0.717) is 18.8 Å². The molecular weight excluding hydrogens is 294 g/mol. The molecule has 8 heteroatoms. The Hall–Kier alpha value is -1.41. The molecule has 2 aromatic rings. The van der Waals surface area contributed by atoms with Gasteiger partial charge in [-0.2, -0.15) is 16.9 Å². The van der Waals surface area contributed by atoms with Crippen molar-refractivity contribution in [1.82, 2.24) is 25.1 Å². The third kappa shape index (κ3) is 4.61. The predicted octanol–water partition coefficient (Wildman–Crippen LogP) is 1.85. The van der Waals surface area contributed by atoms with Gasteiger partial charge in [-0.3, -0.25) is 9.89 Å². The fourth-order valence-corrected chi connectivity index (χ4v) is 3.16. The Morgan fingerprint density at radius 3 is 3.05 bits per heavy atom. The van der Waals surface area contributed by atoms with Gasteiger partial charge in [0, 0.05) is 30.4 Å². The molecule has 0 saturated heterocycles. The van der Waals surface area contributed by atoms with Gasteiger partial charge in [0.25, 0.3) is 0 Å². The third-order valence-corrected chi connectivity index (χ3v) is 4.47. The minimum absolute atomic E-state index is 0.114. The molecule has 1 amide bonds. The van der Waals surface area contributed by atoms with Crippen molar-refractivity contribution in [3.8, 4) is 0 Å². The van der Waals surface area contributed by atoms with Crippen LogP contribution in [0.2, 0.25) is 0 Å². The van der Waals surface area contributed by atoms with E-state index in [4.69, 9.17) is 0 Å². The largest absolute Gasteiger partial charge is 0.338 e. The van der Waals surface area contributed by atoms with Gasteiger partial charge in [0.1, 0.15) is 12.2 Å². The minimum Gasteiger partial charge on any atom is -0.338 e. The number of rotatable bonds is 7. The van der Waals surface area contributed by atoms with Crippen LogP contribution >= 0.6 is 23.1 Å². The van der Waals surface area contributed by atoms with E-state index < -0.39 is 0 Å². The highest BCUT2D eigenvalue weighted by Crippen LogP contribution is 2.16. The summed E-state index contributed by atoms with van der Waals surface area (Å²) >= 11 is 3.39. The number of nitrogens with zero attached hydrogens (tertiary/aromatic N) is 4. The van der Waals surface area contributed by atoms with Crippen molar-refractivity contribution in [1.29, 1.82) is 0 Å². The molecule has 0 atom stereocenters. The highest BCUT2D eigenvalue weighted by Gasteiger charge is 2.10. The van der Waals surface area contributed by atoms with E-state index in [1.165, 1.54) is 6.33 Å². The standard InChI is InChI=1S/C12H17N5OS2/c1-9-15-10(7-20-9)6-19-4-3-12(18)17(2)5-11-13-8-14-16-11/h7-8H,3-6H2,1-2H3,(H,13,14,16). The van der Waals surface area contributed by atoms with Crippen LogP contribution in [0.3, 0.4) is 0 Å². The lowest BCUT2D eigenvalue weighted by atomic mass is 10.4. The molecule has 0 unspecified atom stereocenters. The average Bonchev–Trinajstić information content (AvgIpc) is 3.06. The number of carbonyl (C=O) groups is 1. The lowest BCUT2D eigenvalue weighted by Gasteiger charge is -2.15. The van der Waals surface area contributed by atoms with Crippen molar-refractivity contribution in [2.24, 2.45) is 0 Å². The van der Waals surface area contributed by atoms with Crippen molar-refractivity contribution in [3.05, 3.63) is 28.2 Å². The molecule has 0 aliphatic rings. The lowest BCUT2D eigenvalue weighted by molar-refractivity contribution is -0.130. The number of thioether (sulfide) groups is 1. The fraction of sp³-hybridized carbons (Fsp3) is 0.500. The van der Waals surface area contributed by atoms with Gasteiger partial charge >= 0.3 is 0 Å². The Labute approximate surface area is 126 Å². The van der Waals surface area contributed by atoms with Crippen LogP contribution in [0, 0.1) is 6.92 Å². The molecule has 6 nitrogen and oxygen atoms in total. The highest BCUT2D eigenvalue weighted by atomic mass is 32.2. The Morgan fingerprint density at radius 2 is 2.40 bits per heavy atom. The predicted molar refractivity (Wildman–Crippen MR) is 80.5 cm³/mol. The second-order valence-corrected chi connectivity index (χ2v) is 6.51. The quantitative estimate of drug-likeness (QED) is 0.790. The van der Waals surface area contributed by atoms with Crippen LogP contribution in [-0.2, 0) is 17.1 Å². The van der Waals surface area contributed by atoms with E-state index in [1.807, 2.05) is 6.92 Å². The molecule has 0 aliphatic carbocycles. The van der Waals surface area contributed by atoms with E-state index >= 15 is 0 Å². The summed E-state index contributed by atoms with van der Waals surface area (Å²) in [6.07, 6.45) is 1.97. The van der Waals surface area contributed by atoms with Crippen LogP contribution in [0.1, 0.15) is 22.9 Å². The Balaban J connectivity index is 1.64. The van der Waals surface area contributed by atoms with Crippen molar-refractivity contribution in [2.75, 3.05) is 12.8 Å². The first kappa shape index (κ1) is 15.0. The maximum Gasteiger partial charge on any atom is 0.223 e. The summed E-state index contributed by atoms with van der Waals surface area (Å²) in [6, 6.07) is 0. The van der Waals surface area contributed by atoms with Crippen LogP contribution in [0.4, 0.5) is 0 Å². The fourth-order valence-electron chi connectivity index (χ4n) is 1.62. The van der Waals surface area contributed by atoms with Crippen LogP contribution in [0.25, 0.3) is 0 Å². The summed E-state index contributed by atoms with van der Waals surface area (Å²) in [5, 5.41) is 9.66. The van der Waals surface area contributed by atoms with Gasteiger partial charge in [-0.15, -0.1) is 11.3 Å². The number of hydrogen-bond donors (Lipinski definition) is 1. The lowest BCUT2D eigenvalue weighted by Crippen LogP contribution is -2.26. The number of aromatic amines is 1. The molecule has 0 fully saturated rings. The minimum atomic E-state index is 0.114. The van der Waals surface area contributed by atoms with Crippen molar-refractivity contribution >= 4 is 29.0 Å². The molecule has 2 rings (SSSR count). The number of aryl methyl sites for hydroxylation is 1. The number of carbonyl (C=O) groups excluding carboxylic acids is 1.